The minimum Gasteiger partial charge on any atom is -0.493 e. The summed E-state index contributed by atoms with van der Waals surface area (Å²) in [5, 5.41) is 2.82. The van der Waals surface area contributed by atoms with Crippen molar-refractivity contribution in [2.75, 3.05) is 31.6 Å². The van der Waals surface area contributed by atoms with Gasteiger partial charge in [0.15, 0.2) is 11.5 Å². The van der Waals surface area contributed by atoms with E-state index >= 15 is 0 Å². The van der Waals surface area contributed by atoms with Crippen molar-refractivity contribution in [2.45, 2.75) is 58.5 Å². The Morgan fingerprint density at radius 1 is 0.833 bits per heavy atom. The number of hydrogen-bond acceptors (Lipinski definition) is 6. The SMILES string of the molecule is CCNC(=O)[C@@H](CC)N(Cc1ccc(C)cc1)C(=O)CN(c1cc(C)cc(C)c1)S(=O)(=O)c1ccc(OC)c(OC)c1. The Balaban J connectivity index is 2.13. The van der Waals surface area contributed by atoms with Crippen molar-refractivity contribution >= 4 is 27.5 Å². The van der Waals surface area contributed by atoms with E-state index in [0.717, 1.165) is 26.6 Å². The average molecular weight is 596 g/mol. The first-order chi connectivity index (χ1) is 19.9. The van der Waals surface area contributed by atoms with Crippen LogP contribution in [0.15, 0.2) is 65.6 Å². The molecule has 0 heterocycles. The molecule has 0 bridgehead atoms. The van der Waals surface area contributed by atoms with Gasteiger partial charge in [-0.2, -0.15) is 0 Å². The van der Waals surface area contributed by atoms with E-state index in [9.17, 15) is 18.0 Å². The summed E-state index contributed by atoms with van der Waals surface area (Å²) in [6.07, 6.45) is 0.357. The third-order valence-corrected chi connectivity index (χ3v) is 8.70. The molecule has 3 rings (SSSR count). The van der Waals surface area contributed by atoms with Gasteiger partial charge in [0.1, 0.15) is 12.6 Å². The first-order valence-corrected chi connectivity index (χ1v) is 15.3. The van der Waals surface area contributed by atoms with Gasteiger partial charge < -0.3 is 19.7 Å². The second-order valence-electron chi connectivity index (χ2n) is 10.2. The molecular formula is C32H41N3O6S. The summed E-state index contributed by atoms with van der Waals surface area (Å²) in [7, 11) is -1.37. The number of rotatable bonds is 13. The maximum atomic E-state index is 14.2. The molecule has 226 valence electrons. The summed E-state index contributed by atoms with van der Waals surface area (Å²) >= 11 is 0. The predicted molar refractivity (Wildman–Crippen MR) is 164 cm³/mol. The lowest BCUT2D eigenvalue weighted by atomic mass is 10.1. The maximum Gasteiger partial charge on any atom is 0.264 e. The lowest BCUT2D eigenvalue weighted by Crippen LogP contribution is -2.52. The molecule has 1 N–H and O–H groups in total. The smallest absolute Gasteiger partial charge is 0.264 e. The minimum absolute atomic E-state index is 0.0621. The number of nitrogens with zero attached hydrogens (tertiary/aromatic N) is 2. The predicted octanol–water partition coefficient (Wildman–Crippen LogP) is 4.77. The Bertz CT molecular complexity index is 1480. The summed E-state index contributed by atoms with van der Waals surface area (Å²) in [5.41, 5.74) is 3.93. The van der Waals surface area contributed by atoms with Crippen molar-refractivity contribution in [2.24, 2.45) is 0 Å². The second kappa shape index (κ2) is 14.2. The number of ether oxygens (including phenoxy) is 2. The molecule has 0 aromatic heterocycles. The number of carbonyl (C=O) groups is 2. The van der Waals surface area contributed by atoms with Gasteiger partial charge in [-0.1, -0.05) is 42.8 Å². The lowest BCUT2D eigenvalue weighted by Gasteiger charge is -2.33. The summed E-state index contributed by atoms with van der Waals surface area (Å²) < 4.78 is 40.2. The molecule has 10 heteroatoms. The fourth-order valence-corrected chi connectivity index (χ4v) is 6.24. The van der Waals surface area contributed by atoms with Gasteiger partial charge in [0, 0.05) is 19.2 Å². The summed E-state index contributed by atoms with van der Waals surface area (Å²) in [4.78, 5) is 28.7. The third kappa shape index (κ3) is 7.61. The summed E-state index contributed by atoms with van der Waals surface area (Å²) in [6.45, 7) is 9.39. The van der Waals surface area contributed by atoms with E-state index in [0.29, 0.717) is 24.4 Å². The second-order valence-corrected chi connectivity index (χ2v) is 12.1. The van der Waals surface area contributed by atoms with Crippen molar-refractivity contribution < 1.29 is 27.5 Å². The first-order valence-electron chi connectivity index (χ1n) is 13.9. The molecular weight excluding hydrogens is 554 g/mol. The number of benzene rings is 3. The van der Waals surface area contributed by atoms with Crippen LogP contribution in [0, 0.1) is 20.8 Å². The Hall–Kier alpha value is -4.05. The fraction of sp³-hybridized carbons (Fsp3) is 0.375. The summed E-state index contributed by atoms with van der Waals surface area (Å²) in [6, 6.07) is 16.6. The van der Waals surface area contributed by atoms with Gasteiger partial charge in [0.25, 0.3) is 10.0 Å². The molecule has 2 amide bonds. The van der Waals surface area contributed by atoms with E-state index in [4.69, 9.17) is 9.47 Å². The van der Waals surface area contributed by atoms with Crippen LogP contribution in [0.5, 0.6) is 11.5 Å². The number of carbonyl (C=O) groups excluding carboxylic acids is 2. The Labute approximate surface area is 249 Å². The van der Waals surface area contributed by atoms with Gasteiger partial charge in [-0.25, -0.2) is 8.42 Å². The molecule has 42 heavy (non-hydrogen) atoms. The number of likely N-dealkylation sites (N-methyl/N-ethyl adjacent to an activating group) is 1. The number of sulfonamides is 1. The lowest BCUT2D eigenvalue weighted by molar-refractivity contribution is -0.140. The molecule has 0 radical (unpaired) electrons. The number of anilines is 1. The Morgan fingerprint density at radius 2 is 1.45 bits per heavy atom. The molecule has 0 fully saturated rings. The van der Waals surface area contributed by atoms with Gasteiger partial charge in [-0.05, 0) is 75.1 Å². The van der Waals surface area contributed by atoms with E-state index in [1.807, 2.05) is 65.0 Å². The van der Waals surface area contributed by atoms with E-state index in [-0.39, 0.29) is 23.1 Å². The van der Waals surface area contributed by atoms with Crippen LogP contribution >= 0.6 is 0 Å². The standard InChI is InChI=1S/C32H41N3O6S/c1-8-28(32(37)33-9-2)34(20-25-12-10-22(3)11-13-25)31(36)21-35(26-17-23(4)16-24(5)18-26)42(38,39)27-14-15-29(40-6)30(19-27)41-7/h10-19,28H,8-9,20-21H2,1-7H3,(H,33,37)/t28-/m1/s1. The number of methoxy groups -OCH3 is 2. The van der Waals surface area contributed by atoms with Gasteiger partial charge in [-0.15, -0.1) is 0 Å². The number of nitrogens with one attached hydrogen (secondary N) is 1. The molecule has 0 unspecified atom stereocenters. The average Bonchev–Trinajstić information content (AvgIpc) is 2.95. The van der Waals surface area contributed by atoms with Crippen molar-refractivity contribution in [1.29, 1.82) is 0 Å². The van der Waals surface area contributed by atoms with Crippen molar-refractivity contribution in [3.8, 4) is 11.5 Å². The van der Waals surface area contributed by atoms with E-state index in [1.54, 1.807) is 12.1 Å². The van der Waals surface area contributed by atoms with Crippen LogP contribution < -0.4 is 19.1 Å². The van der Waals surface area contributed by atoms with Crippen molar-refractivity contribution in [3.63, 3.8) is 0 Å². The molecule has 0 aliphatic heterocycles. The molecule has 9 nitrogen and oxygen atoms in total. The topological polar surface area (TPSA) is 105 Å². The fourth-order valence-electron chi connectivity index (χ4n) is 4.83. The van der Waals surface area contributed by atoms with Crippen LogP contribution in [0.25, 0.3) is 0 Å². The molecule has 0 aliphatic carbocycles. The highest BCUT2D eigenvalue weighted by molar-refractivity contribution is 7.92. The molecule has 0 saturated heterocycles. The minimum atomic E-state index is -4.27. The van der Waals surface area contributed by atoms with E-state index in [2.05, 4.69) is 5.32 Å². The van der Waals surface area contributed by atoms with Crippen molar-refractivity contribution in [1.82, 2.24) is 10.2 Å². The summed E-state index contributed by atoms with van der Waals surface area (Å²) in [5.74, 6) is -0.172. The van der Waals surface area contributed by atoms with Crippen LogP contribution in [-0.2, 0) is 26.2 Å². The molecule has 0 aliphatic rings. The molecule has 0 saturated carbocycles. The normalized spacial score (nSPS) is 11.9. The van der Waals surface area contributed by atoms with E-state index < -0.39 is 28.5 Å². The Morgan fingerprint density at radius 3 is 2.00 bits per heavy atom. The molecule has 3 aromatic rings. The van der Waals surface area contributed by atoms with Crippen LogP contribution in [0.1, 0.15) is 42.5 Å². The first kappa shape index (κ1) is 32.5. The highest BCUT2D eigenvalue weighted by Gasteiger charge is 2.34. The van der Waals surface area contributed by atoms with Crippen LogP contribution in [0.3, 0.4) is 0 Å². The van der Waals surface area contributed by atoms with Crippen LogP contribution in [-0.4, -0.2) is 58.5 Å². The van der Waals surface area contributed by atoms with Gasteiger partial charge in [0.05, 0.1) is 24.8 Å². The van der Waals surface area contributed by atoms with Gasteiger partial charge in [0.2, 0.25) is 11.8 Å². The van der Waals surface area contributed by atoms with Gasteiger partial charge >= 0.3 is 0 Å². The quantitative estimate of drug-likeness (QED) is 0.305. The molecule has 3 aromatic carbocycles. The zero-order valence-corrected chi connectivity index (χ0v) is 26.2. The zero-order valence-electron chi connectivity index (χ0n) is 25.4. The largest absolute Gasteiger partial charge is 0.493 e. The monoisotopic (exact) mass is 595 g/mol. The highest BCUT2D eigenvalue weighted by Crippen LogP contribution is 2.33. The van der Waals surface area contributed by atoms with Crippen LogP contribution in [0.4, 0.5) is 5.69 Å². The Kier molecular flexibility index (Phi) is 11.0. The number of hydrogen-bond donors (Lipinski definition) is 1. The van der Waals surface area contributed by atoms with E-state index in [1.165, 1.54) is 37.3 Å². The van der Waals surface area contributed by atoms with Crippen molar-refractivity contribution in [3.05, 3.63) is 82.9 Å². The maximum absolute atomic E-state index is 14.2. The molecule has 1 atom stereocenters. The number of amides is 2. The number of aryl methyl sites for hydroxylation is 3. The van der Waals surface area contributed by atoms with Crippen LogP contribution in [0.2, 0.25) is 0 Å². The molecule has 0 spiro atoms. The highest BCUT2D eigenvalue weighted by atomic mass is 32.2. The zero-order chi connectivity index (χ0) is 31.0. The van der Waals surface area contributed by atoms with Gasteiger partial charge in [-0.3, -0.25) is 13.9 Å². The third-order valence-electron chi connectivity index (χ3n) is 6.93.